The second-order valence-electron chi connectivity index (χ2n) is 6.94. The molecule has 1 fully saturated rings. The van der Waals surface area contributed by atoms with Crippen LogP contribution in [-0.2, 0) is 11.8 Å². The van der Waals surface area contributed by atoms with Gasteiger partial charge in [-0.1, -0.05) is 36.4 Å². The average Bonchev–Trinajstić information content (AvgIpc) is 3.04. The average molecular weight is 348 g/mol. The number of para-hydroxylation sites is 2. The van der Waals surface area contributed by atoms with Crippen molar-refractivity contribution in [3.63, 3.8) is 0 Å². The lowest BCUT2D eigenvalue weighted by atomic mass is 9.93. The second kappa shape index (κ2) is 7.24. The SMILES string of the molecule is Cn1c(C2CCN(C(=O)COc3ccccc3)CC2)cc2ccccc21. The van der Waals surface area contributed by atoms with E-state index in [0.717, 1.165) is 31.7 Å². The van der Waals surface area contributed by atoms with Gasteiger partial charge in [0.15, 0.2) is 6.61 Å². The van der Waals surface area contributed by atoms with Gasteiger partial charge in [-0.25, -0.2) is 0 Å². The van der Waals surface area contributed by atoms with Gasteiger partial charge in [-0.15, -0.1) is 0 Å². The Kier molecular flexibility index (Phi) is 4.65. The highest BCUT2D eigenvalue weighted by molar-refractivity contribution is 5.81. The minimum atomic E-state index is 0.0735. The first-order valence-corrected chi connectivity index (χ1v) is 9.22. The number of rotatable bonds is 4. The van der Waals surface area contributed by atoms with Crippen LogP contribution in [0.3, 0.4) is 0 Å². The molecule has 0 spiro atoms. The van der Waals surface area contributed by atoms with Gasteiger partial charge >= 0.3 is 0 Å². The molecule has 0 unspecified atom stereocenters. The van der Waals surface area contributed by atoms with E-state index in [1.807, 2.05) is 35.2 Å². The molecule has 0 aliphatic carbocycles. The highest BCUT2D eigenvalue weighted by Gasteiger charge is 2.26. The molecule has 1 aliphatic heterocycles. The molecule has 3 aromatic rings. The van der Waals surface area contributed by atoms with E-state index in [4.69, 9.17) is 4.74 Å². The first kappa shape index (κ1) is 16.7. The first-order chi connectivity index (χ1) is 12.7. The monoisotopic (exact) mass is 348 g/mol. The summed E-state index contributed by atoms with van der Waals surface area (Å²) in [6.07, 6.45) is 2.00. The fourth-order valence-electron chi connectivity index (χ4n) is 3.88. The van der Waals surface area contributed by atoms with Crippen LogP contribution in [0.1, 0.15) is 24.5 Å². The van der Waals surface area contributed by atoms with E-state index in [2.05, 4.69) is 41.9 Å². The Balaban J connectivity index is 1.36. The van der Waals surface area contributed by atoms with Gasteiger partial charge in [0.05, 0.1) is 0 Å². The molecule has 26 heavy (non-hydrogen) atoms. The Labute approximate surface area is 154 Å². The largest absolute Gasteiger partial charge is 0.484 e. The van der Waals surface area contributed by atoms with Crippen LogP contribution >= 0.6 is 0 Å². The molecule has 4 rings (SSSR count). The lowest BCUT2D eigenvalue weighted by Gasteiger charge is -2.32. The zero-order valence-corrected chi connectivity index (χ0v) is 15.1. The summed E-state index contributed by atoms with van der Waals surface area (Å²) in [5.41, 5.74) is 2.65. The molecule has 4 heteroatoms. The molecule has 0 bridgehead atoms. The van der Waals surface area contributed by atoms with E-state index in [-0.39, 0.29) is 12.5 Å². The molecule has 1 amide bonds. The summed E-state index contributed by atoms with van der Waals surface area (Å²) in [6.45, 7) is 1.70. The lowest BCUT2D eigenvalue weighted by Crippen LogP contribution is -2.40. The van der Waals surface area contributed by atoms with Crippen LogP contribution in [0.4, 0.5) is 0 Å². The van der Waals surface area contributed by atoms with Crippen LogP contribution in [0.2, 0.25) is 0 Å². The molecule has 2 aromatic carbocycles. The van der Waals surface area contributed by atoms with Gasteiger partial charge in [0.25, 0.3) is 5.91 Å². The molecule has 0 radical (unpaired) electrons. The smallest absolute Gasteiger partial charge is 0.260 e. The molecule has 4 nitrogen and oxygen atoms in total. The summed E-state index contributed by atoms with van der Waals surface area (Å²) in [4.78, 5) is 14.4. The van der Waals surface area contributed by atoms with Crippen LogP contribution in [0.25, 0.3) is 10.9 Å². The van der Waals surface area contributed by atoms with Gasteiger partial charge < -0.3 is 14.2 Å². The van der Waals surface area contributed by atoms with Crippen molar-refractivity contribution in [2.45, 2.75) is 18.8 Å². The number of likely N-dealkylation sites (tertiary alicyclic amines) is 1. The van der Waals surface area contributed by atoms with Crippen LogP contribution in [0, 0.1) is 0 Å². The number of hydrogen-bond acceptors (Lipinski definition) is 2. The minimum absolute atomic E-state index is 0.0735. The fourth-order valence-corrected chi connectivity index (χ4v) is 3.88. The Morgan fingerprint density at radius 2 is 1.73 bits per heavy atom. The van der Waals surface area contributed by atoms with Crippen LogP contribution in [0.5, 0.6) is 5.75 Å². The number of piperidine rings is 1. The molecule has 1 aliphatic rings. The maximum absolute atomic E-state index is 12.4. The van der Waals surface area contributed by atoms with Gasteiger partial charge in [0, 0.05) is 37.3 Å². The highest BCUT2D eigenvalue weighted by atomic mass is 16.5. The Bertz CT molecular complexity index is 893. The summed E-state index contributed by atoms with van der Waals surface area (Å²) in [5.74, 6) is 1.32. The van der Waals surface area contributed by atoms with E-state index in [0.29, 0.717) is 5.92 Å². The number of hydrogen-bond donors (Lipinski definition) is 0. The first-order valence-electron chi connectivity index (χ1n) is 9.22. The molecule has 2 heterocycles. The molecule has 0 N–H and O–H groups in total. The number of ether oxygens (including phenoxy) is 1. The third kappa shape index (κ3) is 3.32. The minimum Gasteiger partial charge on any atom is -0.484 e. The van der Waals surface area contributed by atoms with E-state index in [1.54, 1.807) is 0 Å². The molecule has 134 valence electrons. The van der Waals surface area contributed by atoms with Crippen LogP contribution in [0.15, 0.2) is 60.7 Å². The number of benzene rings is 2. The third-order valence-corrected chi connectivity index (χ3v) is 5.36. The number of carbonyl (C=O) groups is 1. The van der Waals surface area contributed by atoms with Gasteiger partial charge in [-0.2, -0.15) is 0 Å². The van der Waals surface area contributed by atoms with Crippen LogP contribution < -0.4 is 4.74 Å². The fraction of sp³-hybridized carbons (Fsp3) is 0.318. The van der Waals surface area contributed by atoms with Gasteiger partial charge in [-0.3, -0.25) is 4.79 Å². The van der Waals surface area contributed by atoms with Crippen molar-refractivity contribution < 1.29 is 9.53 Å². The van der Waals surface area contributed by atoms with E-state index < -0.39 is 0 Å². The predicted molar refractivity (Wildman–Crippen MR) is 103 cm³/mol. The molecule has 1 aromatic heterocycles. The maximum Gasteiger partial charge on any atom is 0.260 e. The number of carbonyl (C=O) groups excluding carboxylic acids is 1. The quantitative estimate of drug-likeness (QED) is 0.715. The summed E-state index contributed by atoms with van der Waals surface area (Å²) in [5, 5.41) is 1.29. The second-order valence-corrected chi connectivity index (χ2v) is 6.94. The number of aryl methyl sites for hydroxylation is 1. The summed E-state index contributed by atoms with van der Waals surface area (Å²) >= 11 is 0. The van der Waals surface area contributed by atoms with Gasteiger partial charge in [-0.05, 0) is 42.5 Å². The number of nitrogens with zero attached hydrogens (tertiary/aromatic N) is 2. The van der Waals surface area contributed by atoms with Gasteiger partial charge in [0.1, 0.15) is 5.75 Å². The van der Waals surface area contributed by atoms with Crippen molar-refractivity contribution in [2.75, 3.05) is 19.7 Å². The molecule has 0 atom stereocenters. The van der Waals surface area contributed by atoms with Crippen molar-refractivity contribution in [3.8, 4) is 5.75 Å². The van der Waals surface area contributed by atoms with Crippen molar-refractivity contribution in [3.05, 3.63) is 66.4 Å². The molecule has 0 saturated carbocycles. The number of amides is 1. The zero-order chi connectivity index (χ0) is 17.9. The van der Waals surface area contributed by atoms with Crippen molar-refractivity contribution in [1.82, 2.24) is 9.47 Å². The number of fused-ring (bicyclic) bond motifs is 1. The Morgan fingerprint density at radius 1 is 1.04 bits per heavy atom. The van der Waals surface area contributed by atoms with E-state index >= 15 is 0 Å². The van der Waals surface area contributed by atoms with Crippen LogP contribution in [-0.4, -0.2) is 35.1 Å². The number of aromatic nitrogens is 1. The predicted octanol–water partition coefficient (Wildman–Crippen LogP) is 3.96. The van der Waals surface area contributed by atoms with Gasteiger partial charge in [0.2, 0.25) is 0 Å². The zero-order valence-electron chi connectivity index (χ0n) is 15.1. The van der Waals surface area contributed by atoms with E-state index in [9.17, 15) is 4.79 Å². The summed E-state index contributed by atoms with van der Waals surface area (Å²) in [7, 11) is 2.14. The third-order valence-electron chi connectivity index (χ3n) is 5.36. The highest BCUT2D eigenvalue weighted by Crippen LogP contribution is 2.31. The van der Waals surface area contributed by atoms with Crippen molar-refractivity contribution >= 4 is 16.8 Å². The van der Waals surface area contributed by atoms with Crippen molar-refractivity contribution in [2.24, 2.45) is 7.05 Å². The van der Waals surface area contributed by atoms with E-state index in [1.165, 1.54) is 16.6 Å². The summed E-state index contributed by atoms with van der Waals surface area (Å²) < 4.78 is 7.90. The molecule has 1 saturated heterocycles. The lowest BCUT2D eigenvalue weighted by molar-refractivity contribution is -0.134. The van der Waals surface area contributed by atoms with Crippen molar-refractivity contribution in [1.29, 1.82) is 0 Å². The Morgan fingerprint density at radius 3 is 2.46 bits per heavy atom. The maximum atomic E-state index is 12.4. The normalized spacial score (nSPS) is 15.3. The Hall–Kier alpha value is -2.75. The molecular weight excluding hydrogens is 324 g/mol. The molecular formula is C22H24N2O2. The summed E-state index contributed by atoms with van der Waals surface area (Å²) in [6, 6.07) is 20.3. The topological polar surface area (TPSA) is 34.5 Å². The standard InChI is InChI=1S/C22H24N2O2/c1-23-20-10-6-5-7-18(20)15-21(23)17-11-13-24(14-12-17)22(25)16-26-19-8-3-2-4-9-19/h2-10,15,17H,11-14,16H2,1H3.